The summed E-state index contributed by atoms with van der Waals surface area (Å²) in [6.07, 6.45) is 5.15. The van der Waals surface area contributed by atoms with Gasteiger partial charge in [0, 0.05) is 17.1 Å². The molecule has 2 N–H and O–H groups in total. The topological polar surface area (TPSA) is 87.7 Å². The molecule has 0 spiro atoms. The molecule has 1 fully saturated rings. The summed E-state index contributed by atoms with van der Waals surface area (Å²) < 4.78 is 13.9. The average Bonchev–Trinajstić information content (AvgIpc) is 3.22. The van der Waals surface area contributed by atoms with Crippen LogP contribution in [-0.4, -0.2) is 32.8 Å². The number of aromatic amines is 1. The number of aromatic nitrogens is 3. The largest absolute Gasteiger partial charge is 0.323 e. The van der Waals surface area contributed by atoms with Crippen LogP contribution in [-0.2, 0) is 10.2 Å². The number of anilines is 1. The number of H-pyrrole nitrogens is 1. The number of halogens is 2. The molecule has 0 unspecified atom stereocenters. The van der Waals surface area contributed by atoms with Gasteiger partial charge in [0.2, 0.25) is 11.7 Å². The second-order valence-corrected chi connectivity index (χ2v) is 7.61. The third kappa shape index (κ3) is 2.96. The summed E-state index contributed by atoms with van der Waals surface area (Å²) in [4.78, 5) is 29.7. The van der Waals surface area contributed by atoms with Crippen LogP contribution in [0.2, 0.25) is 0 Å². The van der Waals surface area contributed by atoms with Gasteiger partial charge in [-0.25, -0.2) is 4.39 Å². The summed E-state index contributed by atoms with van der Waals surface area (Å²) in [5.41, 5.74) is 2.65. The van der Waals surface area contributed by atoms with Gasteiger partial charge in [-0.05, 0) is 48.4 Å². The van der Waals surface area contributed by atoms with E-state index in [0.717, 1.165) is 24.0 Å². The van der Waals surface area contributed by atoms with Crippen molar-refractivity contribution < 1.29 is 14.0 Å². The van der Waals surface area contributed by atoms with E-state index in [1.54, 1.807) is 6.20 Å². The average molecular weight is 401 g/mol. The number of alkyl halides is 1. The van der Waals surface area contributed by atoms with Crippen molar-refractivity contribution in [3.63, 3.8) is 0 Å². The Morgan fingerprint density at radius 1 is 1.32 bits per heavy atom. The normalized spacial score (nSPS) is 14.9. The van der Waals surface area contributed by atoms with E-state index in [4.69, 9.17) is 11.6 Å². The van der Waals surface area contributed by atoms with Crippen LogP contribution in [0.15, 0.2) is 24.5 Å². The van der Waals surface area contributed by atoms with Crippen molar-refractivity contribution in [1.82, 2.24) is 15.2 Å². The molecule has 1 aromatic carbocycles. The molecule has 2 aromatic heterocycles. The number of fused-ring (bicyclic) bond motifs is 1. The Morgan fingerprint density at radius 3 is 2.75 bits per heavy atom. The van der Waals surface area contributed by atoms with E-state index < -0.39 is 17.5 Å². The Bertz CT molecular complexity index is 1120. The minimum absolute atomic E-state index is 0.00675. The highest BCUT2D eigenvalue weighted by Gasteiger charge is 2.41. The second kappa shape index (κ2) is 6.67. The highest BCUT2D eigenvalue weighted by molar-refractivity contribution is 6.29. The number of carbonyl (C=O) groups excluding carboxylic acids is 2. The van der Waals surface area contributed by atoms with E-state index in [2.05, 4.69) is 27.4 Å². The smallest absolute Gasteiger partial charge is 0.239 e. The first-order valence-electron chi connectivity index (χ1n) is 8.88. The first-order chi connectivity index (χ1) is 13.4. The Balaban J connectivity index is 1.87. The molecule has 1 amide bonds. The van der Waals surface area contributed by atoms with Crippen molar-refractivity contribution in [3.8, 4) is 0 Å². The molecule has 2 heterocycles. The third-order valence-electron chi connectivity index (χ3n) is 5.40. The summed E-state index contributed by atoms with van der Waals surface area (Å²) in [6.45, 7) is 3.99. The zero-order valence-electron chi connectivity index (χ0n) is 15.4. The van der Waals surface area contributed by atoms with Crippen LogP contribution < -0.4 is 5.32 Å². The predicted molar refractivity (Wildman–Crippen MR) is 104 cm³/mol. The zero-order chi connectivity index (χ0) is 20.1. The van der Waals surface area contributed by atoms with Gasteiger partial charge in [0.25, 0.3) is 0 Å². The molecule has 0 atom stereocenters. The Morgan fingerprint density at radius 2 is 2.07 bits per heavy atom. The quantitative estimate of drug-likeness (QED) is 0.502. The minimum atomic E-state index is -0.499. The number of nitrogens with zero attached hydrogens (tertiary/aromatic N) is 2. The van der Waals surface area contributed by atoms with Gasteiger partial charge < -0.3 is 5.32 Å². The number of hydrogen-bond donors (Lipinski definition) is 2. The van der Waals surface area contributed by atoms with Gasteiger partial charge >= 0.3 is 0 Å². The molecule has 144 valence electrons. The lowest BCUT2D eigenvalue weighted by Gasteiger charge is -2.19. The molecule has 0 radical (unpaired) electrons. The number of carbonyl (C=O) groups is 2. The van der Waals surface area contributed by atoms with Gasteiger partial charge in [-0.15, -0.1) is 11.6 Å². The predicted octanol–water partition coefficient (Wildman–Crippen LogP) is 3.87. The van der Waals surface area contributed by atoms with Crippen LogP contribution in [0.25, 0.3) is 10.9 Å². The standard InChI is InChI=1S/C20H18ClFN4O2/c1-10-13(20(2)5-6-20)9-23-18(16(10)25-15(27)7-21)19(28)11-3-4-14(22)17-12(11)8-24-26-17/h3-4,8-9H,5-7H2,1-2H3,(H,24,26)(H,25,27). The van der Waals surface area contributed by atoms with Crippen LogP contribution in [0.4, 0.5) is 10.1 Å². The Hall–Kier alpha value is -2.80. The lowest BCUT2D eigenvalue weighted by Crippen LogP contribution is -2.20. The SMILES string of the molecule is Cc1c(C2(C)CC2)cnc(C(=O)c2ccc(F)c3[nH]ncc23)c1NC(=O)CCl. The highest BCUT2D eigenvalue weighted by Crippen LogP contribution is 2.49. The first kappa shape index (κ1) is 18.6. The van der Waals surface area contributed by atoms with Crippen molar-refractivity contribution in [3.05, 3.63) is 52.7 Å². The number of ketones is 1. The Labute approximate surface area is 165 Å². The van der Waals surface area contributed by atoms with E-state index in [1.165, 1.54) is 18.3 Å². The molecule has 1 aliphatic carbocycles. The number of rotatable bonds is 5. The number of nitrogens with one attached hydrogen (secondary N) is 2. The number of benzene rings is 1. The molecule has 1 aliphatic rings. The molecule has 1 saturated carbocycles. The van der Waals surface area contributed by atoms with Crippen molar-refractivity contribution in [2.75, 3.05) is 11.2 Å². The molecule has 8 heteroatoms. The van der Waals surface area contributed by atoms with E-state index >= 15 is 0 Å². The number of amides is 1. The molecule has 0 saturated heterocycles. The lowest BCUT2D eigenvalue weighted by molar-refractivity contribution is -0.113. The van der Waals surface area contributed by atoms with Crippen molar-refractivity contribution in [2.45, 2.75) is 32.1 Å². The molecule has 28 heavy (non-hydrogen) atoms. The van der Waals surface area contributed by atoms with Gasteiger partial charge in [-0.2, -0.15) is 5.10 Å². The van der Waals surface area contributed by atoms with E-state index in [-0.39, 0.29) is 28.1 Å². The monoisotopic (exact) mass is 400 g/mol. The van der Waals surface area contributed by atoms with Crippen LogP contribution in [0, 0.1) is 12.7 Å². The minimum Gasteiger partial charge on any atom is -0.323 e. The van der Waals surface area contributed by atoms with Crippen LogP contribution in [0.5, 0.6) is 0 Å². The maximum absolute atomic E-state index is 13.9. The van der Waals surface area contributed by atoms with Gasteiger partial charge in [0.15, 0.2) is 0 Å². The zero-order valence-corrected chi connectivity index (χ0v) is 16.2. The number of hydrogen-bond acceptors (Lipinski definition) is 4. The summed E-state index contributed by atoms with van der Waals surface area (Å²) >= 11 is 5.65. The molecule has 0 aliphatic heterocycles. The third-order valence-corrected chi connectivity index (χ3v) is 5.64. The molecular formula is C20H18ClFN4O2. The second-order valence-electron chi connectivity index (χ2n) is 7.35. The first-order valence-corrected chi connectivity index (χ1v) is 9.41. The highest BCUT2D eigenvalue weighted by atomic mass is 35.5. The number of pyridine rings is 1. The fourth-order valence-electron chi connectivity index (χ4n) is 3.49. The van der Waals surface area contributed by atoms with Crippen LogP contribution in [0.1, 0.15) is 46.9 Å². The van der Waals surface area contributed by atoms with Crippen LogP contribution >= 0.6 is 11.6 Å². The van der Waals surface area contributed by atoms with Gasteiger partial charge in [-0.3, -0.25) is 19.7 Å². The van der Waals surface area contributed by atoms with Crippen molar-refractivity contribution >= 4 is 39.9 Å². The maximum atomic E-state index is 13.9. The molecule has 0 bridgehead atoms. The summed E-state index contributed by atoms with van der Waals surface area (Å²) in [5.74, 6) is -1.59. The maximum Gasteiger partial charge on any atom is 0.239 e. The molecule has 3 aromatic rings. The fourth-order valence-corrected chi connectivity index (χ4v) is 3.56. The van der Waals surface area contributed by atoms with E-state index in [1.807, 2.05) is 6.92 Å². The fraction of sp³-hybridized carbons (Fsp3) is 0.300. The molecule has 4 rings (SSSR count). The lowest BCUT2D eigenvalue weighted by atomic mass is 9.92. The van der Waals surface area contributed by atoms with Crippen molar-refractivity contribution in [1.29, 1.82) is 0 Å². The summed E-state index contributed by atoms with van der Waals surface area (Å²) in [7, 11) is 0. The van der Waals surface area contributed by atoms with Crippen LogP contribution in [0.3, 0.4) is 0 Å². The summed E-state index contributed by atoms with van der Waals surface area (Å²) in [6, 6.07) is 2.60. The van der Waals surface area contributed by atoms with E-state index in [0.29, 0.717) is 11.1 Å². The summed E-state index contributed by atoms with van der Waals surface area (Å²) in [5, 5.41) is 9.46. The van der Waals surface area contributed by atoms with Gasteiger partial charge in [-0.1, -0.05) is 6.92 Å². The van der Waals surface area contributed by atoms with Gasteiger partial charge in [0.05, 0.1) is 11.9 Å². The van der Waals surface area contributed by atoms with Gasteiger partial charge in [0.1, 0.15) is 22.9 Å². The van der Waals surface area contributed by atoms with Crippen molar-refractivity contribution in [2.24, 2.45) is 0 Å². The Kier molecular flexibility index (Phi) is 4.42. The molecular weight excluding hydrogens is 383 g/mol. The van der Waals surface area contributed by atoms with E-state index in [9.17, 15) is 14.0 Å². The molecule has 6 nitrogen and oxygen atoms in total.